The first-order chi connectivity index (χ1) is 12.7. The van der Waals surface area contributed by atoms with Crippen LogP contribution >= 0.6 is 11.5 Å². The van der Waals surface area contributed by atoms with Gasteiger partial charge in [0.05, 0.1) is 10.6 Å². The fraction of sp³-hybridized carbons (Fsp3) is 0.158. The van der Waals surface area contributed by atoms with Gasteiger partial charge in [-0.1, -0.05) is 18.2 Å². The molecule has 3 heterocycles. The maximum Gasteiger partial charge on any atom is 0.231 e. The first-order valence-electron chi connectivity index (χ1n) is 8.14. The quantitative estimate of drug-likeness (QED) is 0.738. The monoisotopic (exact) mass is 368 g/mol. The van der Waals surface area contributed by atoms with Gasteiger partial charge < -0.3 is 14.8 Å². The van der Waals surface area contributed by atoms with E-state index in [-0.39, 0.29) is 24.4 Å². The zero-order valence-corrected chi connectivity index (χ0v) is 14.3. The number of rotatable bonds is 2. The molecule has 0 radical (unpaired) electrons. The lowest BCUT2D eigenvalue weighted by Crippen LogP contribution is -2.22. The second kappa shape index (κ2) is 5.81. The molecule has 7 heteroatoms. The number of benzene rings is 2. The van der Waals surface area contributed by atoms with Crippen LogP contribution in [-0.4, -0.2) is 17.1 Å². The number of anilines is 1. The van der Waals surface area contributed by atoms with Crippen molar-refractivity contribution in [2.45, 2.75) is 12.3 Å². The van der Waals surface area contributed by atoms with Crippen LogP contribution in [0.2, 0.25) is 0 Å². The topological polar surface area (TPSA) is 60.5 Å². The van der Waals surface area contributed by atoms with Gasteiger partial charge in [0.25, 0.3) is 0 Å². The summed E-state index contributed by atoms with van der Waals surface area (Å²) < 4.78 is 28.9. The van der Waals surface area contributed by atoms with Gasteiger partial charge in [0.2, 0.25) is 12.7 Å². The maximum atomic E-state index is 13.6. The van der Waals surface area contributed by atoms with E-state index in [0.29, 0.717) is 34.9 Å². The van der Waals surface area contributed by atoms with E-state index in [1.165, 1.54) is 23.7 Å². The van der Waals surface area contributed by atoms with Crippen LogP contribution in [0.1, 0.15) is 22.8 Å². The molecule has 1 amide bonds. The minimum Gasteiger partial charge on any atom is -0.454 e. The Bertz CT molecular complexity index is 1030. The molecule has 130 valence electrons. The van der Waals surface area contributed by atoms with E-state index in [2.05, 4.69) is 9.69 Å². The molecule has 26 heavy (non-hydrogen) atoms. The first kappa shape index (κ1) is 15.3. The van der Waals surface area contributed by atoms with Crippen molar-refractivity contribution in [3.8, 4) is 22.8 Å². The summed E-state index contributed by atoms with van der Waals surface area (Å²) in [5, 5.41) is 2.91. The Morgan fingerprint density at radius 3 is 2.92 bits per heavy atom. The number of halogens is 1. The van der Waals surface area contributed by atoms with E-state index in [0.717, 1.165) is 10.4 Å². The summed E-state index contributed by atoms with van der Waals surface area (Å²) in [7, 11) is 0. The summed E-state index contributed by atoms with van der Waals surface area (Å²) in [5.41, 5.74) is 2.89. The second-order valence-corrected chi connectivity index (χ2v) is 7.00. The Morgan fingerprint density at radius 1 is 1.15 bits per heavy atom. The van der Waals surface area contributed by atoms with E-state index in [1.807, 2.05) is 18.2 Å². The summed E-state index contributed by atoms with van der Waals surface area (Å²) in [6.07, 6.45) is 0.331. The molecule has 0 aliphatic carbocycles. The van der Waals surface area contributed by atoms with Gasteiger partial charge in [-0.25, -0.2) is 4.39 Å². The number of aromatic nitrogens is 1. The SMILES string of the molecule is O=C1CC(c2ccc3c(c2)OCO3)c2snc(-c3cccc(F)c3)c2N1. The normalized spacial score (nSPS) is 17.7. The second-order valence-electron chi connectivity index (χ2n) is 6.20. The third kappa shape index (κ3) is 2.43. The van der Waals surface area contributed by atoms with E-state index >= 15 is 0 Å². The number of nitrogens with zero attached hydrogens (tertiary/aromatic N) is 1. The van der Waals surface area contributed by atoms with Crippen molar-refractivity contribution in [2.75, 3.05) is 12.1 Å². The predicted octanol–water partition coefficient (Wildman–Crippen LogP) is 4.15. The molecule has 2 aliphatic rings. The number of nitrogens with one attached hydrogen (secondary N) is 1. The van der Waals surface area contributed by atoms with Gasteiger partial charge in [0.15, 0.2) is 11.5 Å². The number of amides is 1. The van der Waals surface area contributed by atoms with Crippen LogP contribution in [0.5, 0.6) is 11.5 Å². The summed E-state index contributed by atoms with van der Waals surface area (Å²) in [6.45, 7) is 0.208. The number of carbonyl (C=O) groups excluding carboxylic acids is 1. The highest BCUT2D eigenvalue weighted by atomic mass is 32.1. The summed E-state index contributed by atoms with van der Waals surface area (Å²) in [6, 6.07) is 11.9. The first-order valence-corrected chi connectivity index (χ1v) is 8.91. The fourth-order valence-corrected chi connectivity index (χ4v) is 4.33. The number of hydrogen-bond donors (Lipinski definition) is 1. The lowest BCUT2D eigenvalue weighted by molar-refractivity contribution is -0.116. The number of fused-ring (bicyclic) bond motifs is 2. The molecule has 1 N–H and O–H groups in total. The molecular formula is C19H13FN2O3S. The molecule has 1 unspecified atom stereocenters. The van der Waals surface area contributed by atoms with Crippen molar-refractivity contribution in [2.24, 2.45) is 0 Å². The van der Waals surface area contributed by atoms with Gasteiger partial charge in [-0.2, -0.15) is 4.37 Å². The Hall–Kier alpha value is -2.93. The van der Waals surface area contributed by atoms with Crippen molar-refractivity contribution >= 4 is 23.1 Å². The molecule has 0 fully saturated rings. The van der Waals surface area contributed by atoms with Gasteiger partial charge in [-0.05, 0) is 41.4 Å². The zero-order valence-electron chi connectivity index (χ0n) is 13.5. The number of hydrogen-bond acceptors (Lipinski definition) is 5. The van der Waals surface area contributed by atoms with Crippen LogP contribution < -0.4 is 14.8 Å². The lowest BCUT2D eigenvalue weighted by Gasteiger charge is -2.23. The van der Waals surface area contributed by atoms with E-state index in [1.54, 1.807) is 12.1 Å². The highest BCUT2D eigenvalue weighted by Gasteiger charge is 2.32. The summed E-state index contributed by atoms with van der Waals surface area (Å²) in [5.74, 6) is 0.855. The van der Waals surface area contributed by atoms with Crippen LogP contribution in [-0.2, 0) is 4.79 Å². The molecule has 2 aliphatic heterocycles. The third-order valence-corrected chi connectivity index (χ3v) is 5.55. The molecule has 0 saturated carbocycles. The summed E-state index contributed by atoms with van der Waals surface area (Å²) >= 11 is 1.33. The smallest absolute Gasteiger partial charge is 0.231 e. The Balaban J connectivity index is 1.60. The Labute approximate surface area is 152 Å². The van der Waals surface area contributed by atoms with Crippen molar-refractivity contribution in [3.05, 3.63) is 58.7 Å². The highest BCUT2D eigenvalue weighted by molar-refractivity contribution is 7.07. The van der Waals surface area contributed by atoms with E-state index < -0.39 is 0 Å². The largest absolute Gasteiger partial charge is 0.454 e. The van der Waals surface area contributed by atoms with Crippen molar-refractivity contribution < 1.29 is 18.7 Å². The molecule has 0 bridgehead atoms. The van der Waals surface area contributed by atoms with E-state index in [4.69, 9.17) is 9.47 Å². The van der Waals surface area contributed by atoms with Gasteiger partial charge >= 0.3 is 0 Å². The molecule has 2 aromatic carbocycles. The van der Waals surface area contributed by atoms with Crippen LogP contribution in [0.3, 0.4) is 0 Å². The fourth-order valence-electron chi connectivity index (χ4n) is 3.36. The summed E-state index contributed by atoms with van der Waals surface area (Å²) in [4.78, 5) is 13.3. The third-order valence-electron chi connectivity index (χ3n) is 4.59. The number of carbonyl (C=O) groups is 1. The number of ether oxygens (including phenoxy) is 2. The molecule has 5 nitrogen and oxygen atoms in total. The average Bonchev–Trinajstić information content (AvgIpc) is 3.27. The van der Waals surface area contributed by atoms with Crippen LogP contribution in [0, 0.1) is 5.82 Å². The molecule has 0 spiro atoms. The van der Waals surface area contributed by atoms with Gasteiger partial charge in [0, 0.05) is 17.9 Å². The van der Waals surface area contributed by atoms with Crippen LogP contribution in [0.25, 0.3) is 11.3 Å². The molecular weight excluding hydrogens is 355 g/mol. The van der Waals surface area contributed by atoms with Crippen molar-refractivity contribution in [3.63, 3.8) is 0 Å². The van der Waals surface area contributed by atoms with Crippen molar-refractivity contribution in [1.82, 2.24) is 4.37 Å². The van der Waals surface area contributed by atoms with Gasteiger partial charge in [-0.3, -0.25) is 4.79 Å². The molecule has 3 aromatic rings. The molecule has 1 aromatic heterocycles. The molecule has 5 rings (SSSR count). The average molecular weight is 368 g/mol. The molecule has 1 atom stereocenters. The van der Waals surface area contributed by atoms with Gasteiger partial charge in [0.1, 0.15) is 11.5 Å². The lowest BCUT2D eigenvalue weighted by atomic mass is 9.89. The Morgan fingerprint density at radius 2 is 2.04 bits per heavy atom. The Kier molecular flexibility index (Phi) is 3.43. The minimum atomic E-state index is -0.335. The van der Waals surface area contributed by atoms with E-state index in [9.17, 15) is 9.18 Å². The van der Waals surface area contributed by atoms with Gasteiger partial charge in [-0.15, -0.1) is 0 Å². The zero-order chi connectivity index (χ0) is 17.7. The predicted molar refractivity (Wildman–Crippen MR) is 95.2 cm³/mol. The minimum absolute atomic E-state index is 0.0852. The standard InChI is InChI=1S/C19H13FN2O3S/c20-12-3-1-2-11(6-12)17-18-19(26-22-17)13(8-16(23)21-18)10-4-5-14-15(7-10)25-9-24-14/h1-7,13H,8-9H2,(H,21,23). The van der Waals surface area contributed by atoms with Crippen molar-refractivity contribution in [1.29, 1.82) is 0 Å². The van der Waals surface area contributed by atoms with Crippen LogP contribution in [0.4, 0.5) is 10.1 Å². The maximum absolute atomic E-state index is 13.6. The van der Waals surface area contributed by atoms with Crippen LogP contribution in [0.15, 0.2) is 42.5 Å². The molecule has 0 saturated heterocycles. The highest BCUT2D eigenvalue weighted by Crippen LogP contribution is 2.46.